The molecule has 0 aromatic heterocycles. The van der Waals surface area contributed by atoms with E-state index in [-0.39, 0.29) is 6.04 Å². The molecule has 1 spiro atoms. The van der Waals surface area contributed by atoms with Crippen molar-refractivity contribution in [2.45, 2.75) is 76.3 Å². The zero-order valence-electron chi connectivity index (χ0n) is 19.8. The third-order valence-electron chi connectivity index (χ3n) is 12.2. The summed E-state index contributed by atoms with van der Waals surface area (Å²) in [5.41, 5.74) is 71.9. The highest BCUT2D eigenvalue weighted by molar-refractivity contribution is 5.78. The summed E-state index contributed by atoms with van der Waals surface area (Å²) in [4.78, 5) is 0. The van der Waals surface area contributed by atoms with Crippen LogP contribution >= 0.6 is 0 Å². The Morgan fingerprint density at radius 1 is 0.686 bits per heavy atom. The Balaban J connectivity index is 1.49. The fourth-order valence-corrected chi connectivity index (χ4v) is 10.8. The van der Waals surface area contributed by atoms with Crippen LogP contribution in [0.2, 0.25) is 0 Å². The maximum atomic E-state index is 7.46. The van der Waals surface area contributed by atoms with Crippen LogP contribution in [-0.4, -0.2) is 63.4 Å². The second kappa shape index (κ2) is 5.66. The molecule has 0 heterocycles. The van der Waals surface area contributed by atoms with Gasteiger partial charge in [-0.25, -0.2) is 0 Å². The van der Waals surface area contributed by atoms with Crippen LogP contribution in [0, 0.1) is 17.3 Å². The molecule has 0 amide bonds. The predicted octanol–water partition coefficient (Wildman–Crippen LogP) is -5.13. The number of rotatable bonds is 0. The fourth-order valence-electron chi connectivity index (χ4n) is 10.8. The molecular formula is C24H39N11. The highest BCUT2D eigenvalue weighted by Gasteiger charge is 3.18. The first-order valence-corrected chi connectivity index (χ1v) is 12.5. The molecule has 7 rings (SSSR count). The van der Waals surface area contributed by atoms with Gasteiger partial charge in [-0.2, -0.15) is 0 Å². The molecule has 7 aliphatic carbocycles. The second-order valence-electron chi connectivity index (χ2n) is 12.4. The maximum absolute atomic E-state index is 7.46. The van der Waals surface area contributed by atoms with Gasteiger partial charge in [-0.1, -0.05) is 36.5 Å². The van der Waals surface area contributed by atoms with E-state index in [9.17, 15) is 0 Å². The van der Waals surface area contributed by atoms with Gasteiger partial charge in [0.25, 0.3) is 0 Å². The minimum absolute atomic E-state index is 0.367. The molecule has 0 aliphatic heterocycles. The van der Waals surface area contributed by atoms with Crippen molar-refractivity contribution in [2.24, 2.45) is 80.3 Å². The molecule has 22 N–H and O–H groups in total. The standard InChI is InChI=1S/C24H39N11/c25-11-7-8-18(30)20(32)13(15(27)22(34)23(18)21(11,33)24(22,23)35)12-14(26)9-5-3-1-2-4-6-10(9)19(12,31)16(28)17(20)29/h1-6,11-17H,7-8,25-35H2/t11?,12?,13?,14?,15?,16?,17?,18?,19?,20?,21-,22?,23-,24?/m1/s1. The van der Waals surface area contributed by atoms with Crippen LogP contribution in [0.25, 0.3) is 0 Å². The van der Waals surface area contributed by atoms with Crippen molar-refractivity contribution in [3.05, 3.63) is 47.6 Å². The summed E-state index contributed by atoms with van der Waals surface area (Å²) in [6.07, 6.45) is 12.6. The smallest absolute Gasteiger partial charge is 0.0678 e. The van der Waals surface area contributed by atoms with E-state index in [0.29, 0.717) is 12.8 Å². The van der Waals surface area contributed by atoms with Gasteiger partial charge in [0.15, 0.2) is 0 Å². The summed E-state index contributed by atoms with van der Waals surface area (Å²) in [6.45, 7) is 0. The lowest BCUT2D eigenvalue weighted by Crippen LogP contribution is -2.97. The van der Waals surface area contributed by atoms with Gasteiger partial charge in [-0.3, -0.25) is 0 Å². The molecule has 11 nitrogen and oxygen atoms in total. The monoisotopic (exact) mass is 481 g/mol. The van der Waals surface area contributed by atoms with Crippen LogP contribution in [0.5, 0.6) is 0 Å². The number of fused-ring (bicyclic) bond motifs is 8. The number of allylic oxidation sites excluding steroid dienone is 6. The van der Waals surface area contributed by atoms with E-state index in [1.807, 2.05) is 36.5 Å². The Bertz CT molecular complexity index is 1200. The van der Waals surface area contributed by atoms with Crippen molar-refractivity contribution in [3.8, 4) is 0 Å². The van der Waals surface area contributed by atoms with E-state index in [1.165, 1.54) is 0 Å². The van der Waals surface area contributed by atoms with Crippen LogP contribution in [0.4, 0.5) is 0 Å². The largest absolute Gasteiger partial charge is 0.326 e. The minimum Gasteiger partial charge on any atom is -0.326 e. The van der Waals surface area contributed by atoms with E-state index in [1.54, 1.807) is 0 Å². The Labute approximate surface area is 204 Å². The SMILES string of the molecule is NC1C2=CC=CC=CC=C2C2(N)C(N)C(N)C3(N)C(C12)C(N)C1(N)C2(N)[C@@]14C3(N)CCC(N)[C@]24N. The van der Waals surface area contributed by atoms with E-state index < -0.39 is 74.7 Å². The maximum Gasteiger partial charge on any atom is 0.0678 e. The summed E-state index contributed by atoms with van der Waals surface area (Å²) < 4.78 is 0. The predicted molar refractivity (Wildman–Crippen MR) is 134 cm³/mol. The highest BCUT2D eigenvalue weighted by Crippen LogP contribution is 2.96. The van der Waals surface area contributed by atoms with E-state index in [0.717, 1.165) is 11.1 Å². The van der Waals surface area contributed by atoms with Crippen molar-refractivity contribution in [2.75, 3.05) is 0 Å². The lowest BCUT2D eigenvalue weighted by molar-refractivity contribution is -0.115. The molecule has 0 aromatic rings. The van der Waals surface area contributed by atoms with Crippen LogP contribution < -0.4 is 63.1 Å². The summed E-state index contributed by atoms with van der Waals surface area (Å²) >= 11 is 0. The van der Waals surface area contributed by atoms with Gasteiger partial charge >= 0.3 is 0 Å². The molecule has 11 heteroatoms. The first kappa shape index (κ1) is 22.7. The van der Waals surface area contributed by atoms with Crippen LogP contribution in [-0.2, 0) is 0 Å². The number of hydrogen-bond donors (Lipinski definition) is 11. The van der Waals surface area contributed by atoms with Crippen molar-refractivity contribution in [1.82, 2.24) is 0 Å². The Morgan fingerprint density at radius 2 is 1.31 bits per heavy atom. The van der Waals surface area contributed by atoms with E-state index in [4.69, 9.17) is 63.1 Å². The normalized spacial score (nSPS) is 67.1. The Hall–Kier alpha value is -1.48. The molecule has 35 heavy (non-hydrogen) atoms. The molecule has 14 atom stereocenters. The lowest BCUT2D eigenvalue weighted by atomic mass is 9.39. The Kier molecular flexibility index (Phi) is 3.67. The Morgan fingerprint density at radius 3 is 1.97 bits per heavy atom. The molecule has 0 aromatic carbocycles. The van der Waals surface area contributed by atoms with Crippen molar-refractivity contribution in [1.29, 1.82) is 0 Å². The quantitative estimate of drug-likeness (QED) is 0.155. The second-order valence-corrected chi connectivity index (χ2v) is 12.4. The van der Waals surface area contributed by atoms with Gasteiger partial charge in [0.1, 0.15) is 0 Å². The lowest BCUT2D eigenvalue weighted by Gasteiger charge is -2.72. The third kappa shape index (κ3) is 1.58. The van der Waals surface area contributed by atoms with Gasteiger partial charge in [-0.15, -0.1) is 0 Å². The zero-order valence-corrected chi connectivity index (χ0v) is 19.8. The van der Waals surface area contributed by atoms with E-state index >= 15 is 0 Å². The summed E-state index contributed by atoms with van der Waals surface area (Å²) in [6, 6.07) is -3.14. The molecule has 0 bridgehead atoms. The molecule has 0 radical (unpaired) electrons. The van der Waals surface area contributed by atoms with Crippen molar-refractivity contribution < 1.29 is 0 Å². The summed E-state index contributed by atoms with van der Waals surface area (Å²) in [7, 11) is 0. The first-order valence-electron chi connectivity index (χ1n) is 12.5. The van der Waals surface area contributed by atoms with Crippen molar-refractivity contribution >= 4 is 0 Å². The first-order chi connectivity index (χ1) is 16.2. The third-order valence-corrected chi connectivity index (χ3v) is 12.2. The van der Waals surface area contributed by atoms with Crippen molar-refractivity contribution in [3.63, 3.8) is 0 Å². The molecule has 6 saturated carbocycles. The molecular weight excluding hydrogens is 442 g/mol. The van der Waals surface area contributed by atoms with Gasteiger partial charge in [-0.05, 0) is 24.0 Å². The van der Waals surface area contributed by atoms with Gasteiger partial charge in [0.2, 0.25) is 0 Å². The summed E-state index contributed by atoms with van der Waals surface area (Å²) in [5, 5.41) is 0. The van der Waals surface area contributed by atoms with Gasteiger partial charge in [0.05, 0.1) is 33.1 Å². The average Bonchev–Trinajstić information content (AvgIpc) is 3.47. The van der Waals surface area contributed by atoms with Crippen LogP contribution in [0.3, 0.4) is 0 Å². The molecule has 7 aliphatic rings. The van der Waals surface area contributed by atoms with Gasteiger partial charge in [0, 0.05) is 47.6 Å². The number of hydrogen-bond acceptors (Lipinski definition) is 11. The molecule has 12 unspecified atom stereocenters. The van der Waals surface area contributed by atoms with Crippen LogP contribution in [0.1, 0.15) is 12.8 Å². The topological polar surface area (TPSA) is 286 Å². The van der Waals surface area contributed by atoms with Crippen LogP contribution in [0.15, 0.2) is 47.6 Å². The fraction of sp³-hybridized carbons (Fsp3) is 0.667. The summed E-state index contributed by atoms with van der Waals surface area (Å²) in [5.74, 6) is -1.01. The number of nitrogens with two attached hydrogens (primary N) is 11. The average molecular weight is 482 g/mol. The van der Waals surface area contributed by atoms with E-state index in [2.05, 4.69) is 0 Å². The highest BCUT2D eigenvalue weighted by atomic mass is 15.4. The molecule has 190 valence electrons. The zero-order chi connectivity index (χ0) is 25.4. The minimum atomic E-state index is -1.27. The van der Waals surface area contributed by atoms with Gasteiger partial charge < -0.3 is 63.1 Å². The molecule has 6 fully saturated rings. The molecule has 0 saturated heterocycles.